The van der Waals surface area contributed by atoms with Crippen molar-refractivity contribution >= 4 is 0 Å². The zero-order chi connectivity index (χ0) is 13.7. The van der Waals surface area contributed by atoms with Gasteiger partial charge in [0, 0.05) is 24.5 Å². The number of rotatable bonds is 7. The van der Waals surface area contributed by atoms with Crippen molar-refractivity contribution in [2.45, 2.75) is 46.8 Å². The predicted octanol–water partition coefficient (Wildman–Crippen LogP) is 3.59. The van der Waals surface area contributed by atoms with Gasteiger partial charge in [-0.2, -0.15) is 0 Å². The van der Waals surface area contributed by atoms with Crippen molar-refractivity contribution in [1.29, 1.82) is 0 Å². The fraction of sp³-hybridized carbons (Fsp3) is 0.500. The van der Waals surface area contributed by atoms with Crippen LogP contribution < -0.4 is 5.32 Å². The molecule has 2 rings (SSSR count). The SMILES string of the molecule is CCn1c(CNCc2ccco2)ccc1CC(C)C. The molecule has 0 unspecified atom stereocenters. The molecular formula is C16H24N2O. The summed E-state index contributed by atoms with van der Waals surface area (Å²) in [5.74, 6) is 1.68. The molecule has 0 spiro atoms. The van der Waals surface area contributed by atoms with Crippen LogP contribution in [0, 0.1) is 5.92 Å². The van der Waals surface area contributed by atoms with E-state index in [-0.39, 0.29) is 0 Å². The van der Waals surface area contributed by atoms with E-state index in [1.165, 1.54) is 11.4 Å². The summed E-state index contributed by atoms with van der Waals surface area (Å²) in [5.41, 5.74) is 2.79. The average Bonchev–Trinajstić information content (AvgIpc) is 2.99. The molecule has 0 saturated heterocycles. The van der Waals surface area contributed by atoms with Gasteiger partial charge in [0.15, 0.2) is 0 Å². The first-order valence-corrected chi connectivity index (χ1v) is 7.11. The molecule has 0 aliphatic carbocycles. The number of nitrogens with zero attached hydrogens (tertiary/aromatic N) is 1. The van der Waals surface area contributed by atoms with E-state index in [1.807, 2.05) is 12.1 Å². The van der Waals surface area contributed by atoms with Crippen LogP contribution in [0.2, 0.25) is 0 Å². The Balaban J connectivity index is 1.94. The Labute approximate surface area is 115 Å². The molecule has 0 radical (unpaired) electrons. The van der Waals surface area contributed by atoms with Gasteiger partial charge >= 0.3 is 0 Å². The molecule has 0 aromatic carbocycles. The zero-order valence-corrected chi connectivity index (χ0v) is 12.1. The quantitative estimate of drug-likeness (QED) is 0.824. The lowest BCUT2D eigenvalue weighted by Crippen LogP contribution is -2.16. The zero-order valence-electron chi connectivity index (χ0n) is 12.1. The lowest BCUT2D eigenvalue weighted by molar-refractivity contribution is 0.478. The highest BCUT2D eigenvalue weighted by molar-refractivity contribution is 5.17. The number of nitrogens with one attached hydrogen (secondary N) is 1. The Morgan fingerprint density at radius 3 is 2.58 bits per heavy atom. The van der Waals surface area contributed by atoms with Gasteiger partial charge in [0.1, 0.15) is 5.76 Å². The molecule has 1 N–H and O–H groups in total. The maximum Gasteiger partial charge on any atom is 0.117 e. The van der Waals surface area contributed by atoms with Gasteiger partial charge in [-0.3, -0.25) is 0 Å². The van der Waals surface area contributed by atoms with Crippen LogP contribution in [-0.2, 0) is 26.1 Å². The molecule has 0 bridgehead atoms. The Kier molecular flexibility index (Phi) is 4.86. The van der Waals surface area contributed by atoms with Crippen LogP contribution in [0.1, 0.15) is 37.9 Å². The van der Waals surface area contributed by atoms with Crippen molar-refractivity contribution in [3.8, 4) is 0 Å². The Morgan fingerprint density at radius 1 is 1.16 bits per heavy atom. The predicted molar refractivity (Wildman–Crippen MR) is 77.9 cm³/mol. The largest absolute Gasteiger partial charge is 0.468 e. The maximum absolute atomic E-state index is 5.32. The summed E-state index contributed by atoms with van der Waals surface area (Å²) >= 11 is 0. The molecule has 0 aliphatic rings. The minimum absolute atomic E-state index is 0.698. The molecule has 3 heteroatoms. The van der Waals surface area contributed by atoms with Gasteiger partial charge in [-0.25, -0.2) is 0 Å². The molecule has 0 aliphatic heterocycles. The molecule has 3 nitrogen and oxygen atoms in total. The minimum atomic E-state index is 0.698. The summed E-state index contributed by atoms with van der Waals surface area (Å²) < 4.78 is 7.73. The van der Waals surface area contributed by atoms with Crippen molar-refractivity contribution in [2.24, 2.45) is 5.92 Å². The number of aromatic nitrogens is 1. The highest BCUT2D eigenvalue weighted by Crippen LogP contribution is 2.14. The van der Waals surface area contributed by atoms with Crippen LogP contribution in [0.15, 0.2) is 34.9 Å². The van der Waals surface area contributed by atoms with E-state index >= 15 is 0 Å². The van der Waals surface area contributed by atoms with E-state index in [2.05, 4.69) is 42.8 Å². The normalized spacial score (nSPS) is 11.4. The van der Waals surface area contributed by atoms with E-state index in [4.69, 9.17) is 4.42 Å². The van der Waals surface area contributed by atoms with Gasteiger partial charge in [0.2, 0.25) is 0 Å². The third-order valence-corrected chi connectivity index (χ3v) is 3.28. The lowest BCUT2D eigenvalue weighted by Gasteiger charge is -2.13. The van der Waals surface area contributed by atoms with Gasteiger partial charge in [0.25, 0.3) is 0 Å². The van der Waals surface area contributed by atoms with E-state index in [1.54, 1.807) is 6.26 Å². The van der Waals surface area contributed by atoms with Crippen molar-refractivity contribution < 1.29 is 4.42 Å². The van der Waals surface area contributed by atoms with Crippen LogP contribution in [-0.4, -0.2) is 4.57 Å². The summed E-state index contributed by atoms with van der Waals surface area (Å²) in [4.78, 5) is 0. The summed E-state index contributed by atoms with van der Waals surface area (Å²) in [6.07, 6.45) is 2.86. The number of furan rings is 1. The molecule has 2 heterocycles. The molecule has 0 atom stereocenters. The number of hydrogen-bond acceptors (Lipinski definition) is 2. The third-order valence-electron chi connectivity index (χ3n) is 3.28. The fourth-order valence-electron chi connectivity index (χ4n) is 2.44. The molecule has 2 aromatic rings. The molecule has 0 saturated carbocycles. The third kappa shape index (κ3) is 3.74. The second-order valence-corrected chi connectivity index (χ2v) is 5.34. The second kappa shape index (κ2) is 6.62. The van der Waals surface area contributed by atoms with E-state index in [9.17, 15) is 0 Å². The lowest BCUT2D eigenvalue weighted by atomic mass is 10.1. The van der Waals surface area contributed by atoms with Crippen molar-refractivity contribution in [3.05, 3.63) is 47.7 Å². The van der Waals surface area contributed by atoms with Crippen molar-refractivity contribution in [1.82, 2.24) is 9.88 Å². The molecule has 0 fully saturated rings. The highest BCUT2D eigenvalue weighted by Gasteiger charge is 2.08. The van der Waals surface area contributed by atoms with Gasteiger partial charge in [-0.1, -0.05) is 13.8 Å². The molecule has 104 valence electrons. The number of hydrogen-bond donors (Lipinski definition) is 1. The van der Waals surface area contributed by atoms with Crippen molar-refractivity contribution in [2.75, 3.05) is 0 Å². The minimum Gasteiger partial charge on any atom is -0.468 e. The van der Waals surface area contributed by atoms with E-state index in [0.717, 1.165) is 31.8 Å². The Bertz CT molecular complexity index is 483. The Hall–Kier alpha value is -1.48. The standard InChI is InChI=1S/C16H24N2O/c1-4-18-14(10-13(2)3)7-8-15(18)11-17-12-16-6-5-9-19-16/h5-9,13,17H,4,10-12H2,1-3H3. The topological polar surface area (TPSA) is 30.1 Å². The van der Waals surface area contributed by atoms with Crippen LogP contribution in [0.5, 0.6) is 0 Å². The van der Waals surface area contributed by atoms with Gasteiger partial charge in [-0.05, 0) is 43.5 Å². The summed E-state index contributed by atoms with van der Waals surface area (Å²) in [7, 11) is 0. The average molecular weight is 260 g/mol. The van der Waals surface area contributed by atoms with Crippen molar-refractivity contribution in [3.63, 3.8) is 0 Å². The fourth-order valence-corrected chi connectivity index (χ4v) is 2.44. The van der Waals surface area contributed by atoms with Gasteiger partial charge in [-0.15, -0.1) is 0 Å². The maximum atomic E-state index is 5.32. The summed E-state index contributed by atoms with van der Waals surface area (Å²) in [6.45, 7) is 9.43. The first-order chi connectivity index (χ1) is 9.20. The van der Waals surface area contributed by atoms with E-state index in [0.29, 0.717) is 5.92 Å². The second-order valence-electron chi connectivity index (χ2n) is 5.34. The molecule has 19 heavy (non-hydrogen) atoms. The van der Waals surface area contributed by atoms with Gasteiger partial charge in [0.05, 0.1) is 12.8 Å². The van der Waals surface area contributed by atoms with Crippen LogP contribution >= 0.6 is 0 Å². The summed E-state index contributed by atoms with van der Waals surface area (Å²) in [5, 5.41) is 3.43. The molecule has 0 amide bonds. The smallest absolute Gasteiger partial charge is 0.117 e. The van der Waals surface area contributed by atoms with E-state index < -0.39 is 0 Å². The molecular weight excluding hydrogens is 236 g/mol. The molecule has 2 aromatic heterocycles. The van der Waals surface area contributed by atoms with Crippen LogP contribution in [0.3, 0.4) is 0 Å². The monoisotopic (exact) mass is 260 g/mol. The van der Waals surface area contributed by atoms with Crippen LogP contribution in [0.4, 0.5) is 0 Å². The Morgan fingerprint density at radius 2 is 1.95 bits per heavy atom. The van der Waals surface area contributed by atoms with Crippen LogP contribution in [0.25, 0.3) is 0 Å². The first kappa shape index (κ1) is 13.9. The van der Waals surface area contributed by atoms with Gasteiger partial charge < -0.3 is 14.3 Å². The first-order valence-electron chi connectivity index (χ1n) is 7.11. The highest BCUT2D eigenvalue weighted by atomic mass is 16.3. The summed E-state index contributed by atoms with van der Waals surface area (Å²) in [6, 6.07) is 8.41.